The van der Waals surface area contributed by atoms with Crippen molar-refractivity contribution in [3.05, 3.63) is 24.3 Å². The Hall–Kier alpha value is -1.06. The van der Waals surface area contributed by atoms with E-state index in [1.807, 2.05) is 0 Å². The summed E-state index contributed by atoms with van der Waals surface area (Å²) in [5.74, 6) is 0. The van der Waals surface area contributed by atoms with Crippen LogP contribution in [0.2, 0.25) is 6.82 Å². The van der Waals surface area contributed by atoms with Crippen molar-refractivity contribution in [1.82, 2.24) is 0 Å². The molecule has 0 N–H and O–H groups in total. The van der Waals surface area contributed by atoms with E-state index in [0.29, 0.717) is 5.69 Å². The summed E-state index contributed by atoms with van der Waals surface area (Å²) >= 11 is 0. The number of halogens is 2. The molecule has 0 heterocycles. The molecule has 0 unspecified atom stereocenters. The highest BCUT2D eigenvalue weighted by molar-refractivity contribution is 6.80. The summed E-state index contributed by atoms with van der Waals surface area (Å²) in [7, 11) is 3.53. The van der Waals surface area contributed by atoms with Gasteiger partial charge in [0, 0.05) is 19.8 Å². The topological polar surface area (TPSA) is 3.24 Å². The minimum Gasteiger partial charge on any atom is -0.473 e. The number of anilines is 1. The fraction of sp³-hybridized carbons (Fsp3) is 0.333. The van der Waals surface area contributed by atoms with Crippen LogP contribution in [0.3, 0.4) is 0 Å². The zero-order chi connectivity index (χ0) is 10.1. The highest BCUT2D eigenvalue weighted by atomic mass is 19.2. The van der Waals surface area contributed by atoms with Crippen LogP contribution in [0.25, 0.3) is 0 Å². The van der Waals surface area contributed by atoms with E-state index in [9.17, 15) is 8.63 Å². The van der Waals surface area contributed by atoms with Crippen molar-refractivity contribution >= 4 is 17.9 Å². The number of nitrogens with zero attached hydrogens (tertiary/aromatic N) is 1. The van der Waals surface area contributed by atoms with Crippen LogP contribution in [0.1, 0.15) is 0 Å². The molecule has 0 aliphatic heterocycles. The number of hydrogen-bond acceptors (Lipinski definition) is 1. The molecule has 0 bridgehead atoms. The molecular weight excluding hydrogens is 171 g/mol. The molecule has 0 saturated heterocycles. The minimum atomic E-state index is -3.41. The van der Waals surface area contributed by atoms with E-state index in [0.717, 1.165) is 6.82 Å². The van der Waals surface area contributed by atoms with Crippen molar-refractivity contribution < 1.29 is 8.63 Å². The predicted octanol–water partition coefficient (Wildman–Crippen LogP) is 1.97. The fourth-order valence-corrected chi connectivity index (χ4v) is 1.32. The molecule has 0 spiro atoms. The van der Waals surface area contributed by atoms with Crippen LogP contribution in [0.15, 0.2) is 24.3 Å². The molecule has 0 fully saturated rings. The Labute approximate surface area is 77.4 Å². The first kappa shape index (κ1) is 10.0. The monoisotopic (exact) mass is 184 g/mol. The number of hydrogen-bond donors (Lipinski definition) is 0. The molecular formula is C9H13BF2N-. The summed E-state index contributed by atoms with van der Waals surface area (Å²) in [5, 5.41) is 0. The first-order chi connectivity index (χ1) is 5.93. The standard InChI is InChI=1S/C9H13BF2N/c1-10(11,12)8-6-4-5-7-9(8)13(2)3/h4-7H,1-3H3/q-1. The number of para-hydroxylation sites is 1. The van der Waals surface area contributed by atoms with Crippen molar-refractivity contribution in [2.24, 2.45) is 0 Å². The van der Waals surface area contributed by atoms with Gasteiger partial charge in [-0.2, -0.15) is 0 Å². The van der Waals surface area contributed by atoms with Gasteiger partial charge in [-0.3, -0.25) is 0 Å². The van der Waals surface area contributed by atoms with Crippen LogP contribution in [-0.4, -0.2) is 20.8 Å². The van der Waals surface area contributed by atoms with E-state index in [4.69, 9.17) is 0 Å². The second-order valence-electron chi connectivity index (χ2n) is 3.48. The molecule has 13 heavy (non-hydrogen) atoms. The molecule has 0 saturated carbocycles. The Balaban J connectivity index is 3.20. The van der Waals surface area contributed by atoms with Gasteiger partial charge in [-0.1, -0.05) is 18.2 Å². The third kappa shape index (κ3) is 2.20. The summed E-state index contributed by atoms with van der Waals surface area (Å²) in [4.78, 5) is 1.70. The van der Waals surface area contributed by atoms with Crippen molar-refractivity contribution in [3.63, 3.8) is 0 Å². The van der Waals surface area contributed by atoms with E-state index >= 15 is 0 Å². The molecule has 1 rings (SSSR count). The van der Waals surface area contributed by atoms with Crippen LogP contribution in [0.4, 0.5) is 14.3 Å². The molecule has 1 aromatic rings. The average molecular weight is 184 g/mol. The van der Waals surface area contributed by atoms with Gasteiger partial charge in [-0.15, -0.1) is 12.3 Å². The summed E-state index contributed by atoms with van der Waals surface area (Å²) in [5.41, 5.74) is 0.725. The normalized spacial score (nSPS) is 11.5. The predicted molar refractivity (Wildman–Crippen MR) is 54.2 cm³/mol. The third-order valence-electron chi connectivity index (χ3n) is 1.96. The van der Waals surface area contributed by atoms with Crippen molar-refractivity contribution in [3.8, 4) is 0 Å². The van der Waals surface area contributed by atoms with Gasteiger partial charge < -0.3 is 13.5 Å². The second-order valence-corrected chi connectivity index (χ2v) is 3.48. The van der Waals surface area contributed by atoms with Crippen LogP contribution in [0.5, 0.6) is 0 Å². The van der Waals surface area contributed by atoms with Crippen LogP contribution in [-0.2, 0) is 0 Å². The maximum absolute atomic E-state index is 13.1. The van der Waals surface area contributed by atoms with E-state index in [-0.39, 0.29) is 5.46 Å². The summed E-state index contributed by atoms with van der Waals surface area (Å²) < 4.78 is 26.2. The maximum Gasteiger partial charge on any atom is 0.332 e. The molecule has 4 heteroatoms. The first-order valence-corrected chi connectivity index (χ1v) is 4.25. The lowest BCUT2D eigenvalue weighted by Gasteiger charge is -2.26. The zero-order valence-corrected chi connectivity index (χ0v) is 8.09. The van der Waals surface area contributed by atoms with Crippen LogP contribution in [0, 0.1) is 0 Å². The average Bonchev–Trinajstić information content (AvgIpc) is 2.03. The minimum absolute atomic E-state index is 0.132. The number of rotatable bonds is 2. The van der Waals surface area contributed by atoms with Crippen molar-refractivity contribution in [2.45, 2.75) is 6.82 Å². The summed E-state index contributed by atoms with van der Waals surface area (Å²) in [6.45, 7) is -2.43. The Morgan fingerprint density at radius 3 is 2.08 bits per heavy atom. The van der Waals surface area contributed by atoms with Gasteiger partial charge in [0.25, 0.3) is 0 Å². The van der Waals surface area contributed by atoms with Gasteiger partial charge in [0.2, 0.25) is 0 Å². The smallest absolute Gasteiger partial charge is 0.332 e. The molecule has 0 aliphatic carbocycles. The summed E-state index contributed by atoms with van der Waals surface area (Å²) in [6.07, 6.45) is 0. The van der Waals surface area contributed by atoms with Crippen LogP contribution < -0.4 is 10.4 Å². The molecule has 0 radical (unpaired) electrons. The van der Waals surface area contributed by atoms with E-state index in [2.05, 4.69) is 0 Å². The van der Waals surface area contributed by atoms with Crippen LogP contribution >= 0.6 is 0 Å². The van der Waals surface area contributed by atoms with Crippen molar-refractivity contribution in [2.75, 3.05) is 19.0 Å². The summed E-state index contributed by atoms with van der Waals surface area (Å²) in [6, 6.07) is 6.59. The van der Waals surface area contributed by atoms with E-state index in [1.165, 1.54) is 6.07 Å². The van der Waals surface area contributed by atoms with Gasteiger partial charge in [-0.05, 0) is 6.07 Å². The Morgan fingerprint density at radius 1 is 1.15 bits per heavy atom. The van der Waals surface area contributed by atoms with Gasteiger partial charge in [0.05, 0.1) is 0 Å². The highest BCUT2D eigenvalue weighted by Crippen LogP contribution is 2.15. The Kier molecular flexibility index (Phi) is 2.59. The second kappa shape index (κ2) is 3.36. The molecule has 1 aromatic carbocycles. The van der Waals surface area contributed by atoms with Gasteiger partial charge >= 0.3 is 6.70 Å². The molecule has 0 aromatic heterocycles. The first-order valence-electron chi connectivity index (χ1n) is 4.25. The van der Waals surface area contributed by atoms with E-state index < -0.39 is 6.70 Å². The lowest BCUT2D eigenvalue weighted by Crippen LogP contribution is -2.38. The maximum atomic E-state index is 13.1. The highest BCUT2D eigenvalue weighted by Gasteiger charge is 2.21. The molecule has 72 valence electrons. The van der Waals surface area contributed by atoms with Gasteiger partial charge in [-0.25, -0.2) is 0 Å². The molecule has 0 amide bonds. The lowest BCUT2D eigenvalue weighted by atomic mass is 9.60. The molecule has 0 aliphatic rings. The largest absolute Gasteiger partial charge is 0.473 e. The third-order valence-corrected chi connectivity index (χ3v) is 1.96. The zero-order valence-electron chi connectivity index (χ0n) is 8.09. The number of benzene rings is 1. The SMILES string of the molecule is CN(C)c1ccccc1[B-](C)(F)F. The molecule has 1 nitrogen and oxygen atoms in total. The molecule has 0 atom stereocenters. The quantitative estimate of drug-likeness (QED) is 0.635. The van der Waals surface area contributed by atoms with Gasteiger partial charge in [0.15, 0.2) is 0 Å². The fourth-order valence-electron chi connectivity index (χ4n) is 1.32. The van der Waals surface area contributed by atoms with E-state index in [1.54, 1.807) is 37.2 Å². The lowest BCUT2D eigenvalue weighted by molar-refractivity contribution is 0.642. The van der Waals surface area contributed by atoms with Gasteiger partial charge in [0.1, 0.15) is 0 Å². The Morgan fingerprint density at radius 2 is 1.69 bits per heavy atom. The van der Waals surface area contributed by atoms with Crippen molar-refractivity contribution in [1.29, 1.82) is 0 Å². The Bertz CT molecular complexity index is 294.